The molecule has 0 N–H and O–H groups in total. The van der Waals surface area contributed by atoms with Crippen molar-refractivity contribution < 1.29 is 17.6 Å². The molecule has 1 aliphatic heterocycles. The molecule has 0 radical (unpaired) electrons. The number of alkyl halides is 2. The lowest BCUT2D eigenvalue weighted by molar-refractivity contribution is 0.0445. The minimum atomic E-state index is -2.59. The van der Waals surface area contributed by atoms with E-state index >= 15 is 0 Å². The molecule has 0 bridgehead atoms. The fourth-order valence-corrected chi connectivity index (χ4v) is 7.13. The molecule has 0 amide bonds. The molecule has 2 aromatic carbocycles. The minimum Gasteiger partial charge on any atom is -0.283 e. The van der Waals surface area contributed by atoms with Gasteiger partial charge < -0.3 is 0 Å². The summed E-state index contributed by atoms with van der Waals surface area (Å²) in [5, 5.41) is 0. The van der Waals surface area contributed by atoms with E-state index < -0.39 is 30.6 Å². The normalized spacial score (nSPS) is 22.7. The van der Waals surface area contributed by atoms with Crippen LogP contribution in [0.1, 0.15) is 119 Å². The van der Waals surface area contributed by atoms with Gasteiger partial charge in [0, 0.05) is 11.6 Å². The maximum Gasteiger partial charge on any atom is 0.251 e. The fraction of sp³-hybridized carbons (Fsp3) is 0.600. The molecule has 1 saturated carbocycles. The molecule has 40 heavy (non-hydrogen) atoms. The third kappa shape index (κ3) is 7.99. The van der Waals surface area contributed by atoms with Gasteiger partial charge in [-0.25, -0.2) is 17.6 Å². The third-order valence-corrected chi connectivity index (χ3v) is 9.10. The first-order valence-corrected chi connectivity index (χ1v) is 15.3. The smallest absolute Gasteiger partial charge is 0.251 e. The summed E-state index contributed by atoms with van der Waals surface area (Å²) < 4.78 is 56.0. The zero-order valence-electron chi connectivity index (χ0n) is 25.2. The van der Waals surface area contributed by atoms with Crippen LogP contribution in [-0.4, -0.2) is 23.9 Å². The van der Waals surface area contributed by atoms with Gasteiger partial charge in [-0.1, -0.05) is 89.3 Å². The van der Waals surface area contributed by atoms with Crippen LogP contribution < -0.4 is 0 Å². The molecule has 1 heterocycles. The number of hydrogen-bond donors (Lipinski definition) is 0. The van der Waals surface area contributed by atoms with Gasteiger partial charge in [-0.2, -0.15) is 0 Å². The maximum absolute atomic E-state index is 14.8. The Morgan fingerprint density at radius 1 is 1.00 bits per heavy atom. The highest BCUT2D eigenvalue weighted by molar-refractivity contribution is 5.51. The molecule has 2 unspecified atom stereocenters. The van der Waals surface area contributed by atoms with E-state index in [9.17, 15) is 17.6 Å². The average molecular weight is 560 g/mol. The van der Waals surface area contributed by atoms with Crippen molar-refractivity contribution in [2.45, 2.75) is 117 Å². The summed E-state index contributed by atoms with van der Waals surface area (Å²) >= 11 is 0. The van der Waals surface area contributed by atoms with Crippen molar-refractivity contribution in [1.29, 1.82) is 0 Å². The second-order valence-electron chi connectivity index (χ2n) is 12.4. The number of halogens is 4. The van der Waals surface area contributed by atoms with E-state index in [2.05, 4.69) is 27.4 Å². The number of aryl methyl sites for hydroxylation is 1. The lowest BCUT2D eigenvalue weighted by Crippen LogP contribution is -2.45. The Balaban J connectivity index is 0.000000267. The van der Waals surface area contributed by atoms with Crippen LogP contribution in [0.3, 0.4) is 0 Å². The van der Waals surface area contributed by atoms with Crippen LogP contribution in [0.4, 0.5) is 17.6 Å². The monoisotopic (exact) mass is 559 g/mol. The zero-order chi connectivity index (χ0) is 29.4. The van der Waals surface area contributed by atoms with Gasteiger partial charge in [-0.3, -0.25) is 4.90 Å². The molecule has 2 aromatic rings. The number of rotatable bonds is 8. The van der Waals surface area contributed by atoms with Crippen molar-refractivity contribution in [3.8, 4) is 0 Å². The van der Waals surface area contributed by atoms with Crippen molar-refractivity contribution in [2.24, 2.45) is 11.3 Å². The average Bonchev–Trinajstić information content (AvgIpc) is 3.07. The Kier molecular flexibility index (Phi) is 11.9. The summed E-state index contributed by atoms with van der Waals surface area (Å²) in [6.45, 7) is 13.9. The van der Waals surface area contributed by atoms with E-state index in [0.717, 1.165) is 22.5 Å². The molecule has 0 aromatic heterocycles. The van der Waals surface area contributed by atoms with Gasteiger partial charge in [0.05, 0.1) is 12.6 Å². The first-order valence-electron chi connectivity index (χ1n) is 15.3. The summed E-state index contributed by atoms with van der Waals surface area (Å²) in [5.74, 6) is -0.500. The molecule has 0 saturated heterocycles. The van der Waals surface area contributed by atoms with Gasteiger partial charge >= 0.3 is 0 Å². The number of fused-ring (bicyclic) bond motifs is 1. The molecule has 1 aliphatic carbocycles. The third-order valence-electron chi connectivity index (χ3n) is 9.10. The molecular formula is C35H49F4N. The molecule has 1 nitrogen and oxygen atoms in total. The van der Waals surface area contributed by atoms with Crippen molar-refractivity contribution in [3.05, 3.63) is 76.4 Å². The molecule has 4 rings (SSSR count). The van der Waals surface area contributed by atoms with Crippen LogP contribution in [-0.2, 0) is 6.42 Å². The Morgan fingerprint density at radius 2 is 1.65 bits per heavy atom. The first kappa shape index (κ1) is 32.4. The molecule has 1 fully saturated rings. The van der Waals surface area contributed by atoms with Gasteiger partial charge in [-0.05, 0) is 86.1 Å². The summed E-state index contributed by atoms with van der Waals surface area (Å²) in [6, 6.07) is 6.84. The van der Waals surface area contributed by atoms with Crippen molar-refractivity contribution in [2.75, 3.05) is 6.54 Å². The largest absolute Gasteiger partial charge is 0.283 e. The topological polar surface area (TPSA) is 3.24 Å². The van der Waals surface area contributed by atoms with Crippen LogP contribution in [0, 0.1) is 29.9 Å². The van der Waals surface area contributed by atoms with Crippen LogP contribution in [0.15, 0.2) is 36.9 Å². The summed E-state index contributed by atoms with van der Waals surface area (Å²) in [4.78, 5) is 1.50. The fourth-order valence-electron chi connectivity index (χ4n) is 7.13. The van der Waals surface area contributed by atoms with E-state index in [1.54, 1.807) is 6.07 Å². The highest BCUT2D eigenvalue weighted by atomic mass is 19.3. The van der Waals surface area contributed by atoms with Gasteiger partial charge in [0.25, 0.3) is 6.43 Å². The summed E-state index contributed by atoms with van der Waals surface area (Å²) in [7, 11) is 0. The van der Waals surface area contributed by atoms with Gasteiger partial charge in [0.15, 0.2) is 0 Å². The van der Waals surface area contributed by atoms with E-state index in [4.69, 9.17) is 0 Å². The van der Waals surface area contributed by atoms with Crippen molar-refractivity contribution in [3.63, 3.8) is 0 Å². The summed E-state index contributed by atoms with van der Waals surface area (Å²) in [5.41, 5.74) is 3.52. The van der Waals surface area contributed by atoms with E-state index in [1.165, 1.54) is 80.9 Å². The Labute approximate surface area is 240 Å². The second-order valence-corrected chi connectivity index (χ2v) is 12.4. The lowest BCUT2D eigenvalue weighted by Gasteiger charge is -2.42. The van der Waals surface area contributed by atoms with Gasteiger partial charge in [-0.15, -0.1) is 0 Å². The highest BCUT2D eigenvalue weighted by Gasteiger charge is 2.37. The number of hydrogen-bond acceptors (Lipinski definition) is 1. The summed E-state index contributed by atoms with van der Waals surface area (Å²) in [6.07, 6.45) is 12.5. The Morgan fingerprint density at radius 3 is 2.23 bits per heavy atom. The number of nitrogens with zero attached hydrogens (tertiary/aromatic N) is 1. The van der Waals surface area contributed by atoms with Crippen molar-refractivity contribution in [1.82, 2.24) is 4.90 Å². The predicted octanol–water partition coefficient (Wildman–Crippen LogP) is 10.7. The quantitative estimate of drug-likeness (QED) is 0.230. The second kappa shape index (κ2) is 14.7. The lowest BCUT2D eigenvalue weighted by atomic mass is 9.73. The minimum absolute atomic E-state index is 0.187. The van der Waals surface area contributed by atoms with Gasteiger partial charge in [0.2, 0.25) is 0 Å². The van der Waals surface area contributed by atoms with Crippen LogP contribution in [0.25, 0.3) is 6.08 Å². The van der Waals surface area contributed by atoms with Crippen LogP contribution in [0.5, 0.6) is 0 Å². The predicted molar refractivity (Wildman–Crippen MR) is 160 cm³/mol. The van der Waals surface area contributed by atoms with Crippen molar-refractivity contribution >= 4 is 6.08 Å². The highest BCUT2D eigenvalue weighted by Crippen LogP contribution is 2.44. The van der Waals surface area contributed by atoms with Crippen LogP contribution >= 0.6 is 0 Å². The Bertz CT molecular complexity index is 1080. The maximum atomic E-state index is 14.8. The first-order chi connectivity index (χ1) is 19.0. The molecular weight excluding hydrogens is 510 g/mol. The Hall–Kier alpha value is -2.14. The van der Waals surface area contributed by atoms with E-state index in [1.807, 2.05) is 26.0 Å². The number of benzene rings is 2. The van der Waals surface area contributed by atoms with Crippen LogP contribution in [0.2, 0.25) is 0 Å². The van der Waals surface area contributed by atoms with E-state index in [0.29, 0.717) is 17.5 Å². The zero-order valence-corrected chi connectivity index (χ0v) is 25.2. The van der Waals surface area contributed by atoms with E-state index in [-0.39, 0.29) is 11.6 Å². The SMILES string of the molecule is C=Cc1cc(F)c(C2c3ccc(C)cc3C[C@@H](C)N2CC(F)F)c(F)c1.CCCC1(CCC)CCCC(C)CC1. The molecule has 2 aliphatic rings. The molecule has 3 atom stereocenters. The molecule has 0 spiro atoms. The standard InChI is InChI=1S/C21H21F4N.C14H28/c1-4-14-9-17(22)20(18(23)10-14)21-16-6-5-12(2)7-15(16)8-13(3)26(21)11-19(24)25;1-4-9-14(10-5-2)11-6-7-13(3)8-12-14/h4-7,9-10,13,19,21H,1,8,11H2,2-3H3;13H,4-12H2,1-3H3/t13-,21?;/m1./s1. The van der Waals surface area contributed by atoms with Gasteiger partial charge in [0.1, 0.15) is 11.6 Å². The molecule has 5 heteroatoms. The molecule has 222 valence electrons.